The Hall–Kier alpha value is -3.77. The van der Waals surface area contributed by atoms with Crippen LogP contribution in [0.2, 0.25) is 0 Å². The van der Waals surface area contributed by atoms with Gasteiger partial charge in [0, 0.05) is 32.5 Å². The number of fused-ring (bicyclic) bond motifs is 2. The van der Waals surface area contributed by atoms with E-state index in [-0.39, 0.29) is 36.5 Å². The molecule has 70 heavy (non-hydrogen) atoms. The van der Waals surface area contributed by atoms with Crippen molar-refractivity contribution in [3.8, 4) is 0 Å². The number of hydrogen-bond donors (Lipinski definition) is 0. The normalized spacial score (nSPS) is 39.6. The van der Waals surface area contributed by atoms with E-state index in [0.29, 0.717) is 36.0 Å². The summed E-state index contributed by atoms with van der Waals surface area (Å²) in [4.78, 5) is 44.3. The lowest BCUT2D eigenvalue weighted by Gasteiger charge is -2.52. The average molecular weight is 980 g/mol. The first kappa shape index (κ1) is 55.5. The molecule has 4 aliphatic rings. The number of benzene rings is 2. The van der Waals surface area contributed by atoms with E-state index in [9.17, 15) is 14.4 Å². The van der Waals surface area contributed by atoms with E-state index in [2.05, 4.69) is 20.4 Å². The molecule has 0 N–H and O–H groups in total. The molecule has 0 radical (unpaired) electrons. The molecule has 2 aromatic rings. The number of ether oxygens (including phenoxy) is 11. The van der Waals surface area contributed by atoms with Gasteiger partial charge in [-0.2, -0.15) is 0 Å². The predicted molar refractivity (Wildman–Crippen MR) is 262 cm³/mol. The summed E-state index contributed by atoms with van der Waals surface area (Å²) in [6.45, 7) is 25.8. The Morgan fingerprint density at radius 1 is 0.743 bits per heavy atom. The van der Waals surface area contributed by atoms with Crippen LogP contribution in [0.4, 0.5) is 0 Å². The molecular formula is C55H81NO14. The number of hydrogen-bond acceptors (Lipinski definition) is 15. The van der Waals surface area contributed by atoms with Gasteiger partial charge in [-0.25, -0.2) is 9.59 Å². The fraction of sp³-hybridized carbons (Fsp3) is 0.691. The van der Waals surface area contributed by atoms with Gasteiger partial charge in [0.1, 0.15) is 11.7 Å². The van der Waals surface area contributed by atoms with Gasteiger partial charge < -0.3 is 57.0 Å². The van der Waals surface area contributed by atoms with Crippen molar-refractivity contribution in [2.24, 2.45) is 23.7 Å². The van der Waals surface area contributed by atoms with Crippen LogP contribution in [-0.4, -0.2) is 142 Å². The number of esters is 3. The van der Waals surface area contributed by atoms with Crippen molar-refractivity contribution in [3.63, 3.8) is 0 Å². The monoisotopic (exact) mass is 980 g/mol. The minimum absolute atomic E-state index is 0.126. The lowest BCUT2D eigenvalue weighted by atomic mass is 9.74. The molecular weight excluding hydrogens is 899 g/mol. The quantitative estimate of drug-likeness (QED) is 0.113. The molecule has 4 aliphatic heterocycles. The summed E-state index contributed by atoms with van der Waals surface area (Å²) in [6, 6.07) is 17.3. The smallest absolute Gasteiger partial charge is 0.338 e. The minimum Gasteiger partial charge on any atom is -0.457 e. The fourth-order valence-electron chi connectivity index (χ4n) is 11.3. The highest BCUT2D eigenvalue weighted by Gasteiger charge is 2.55. The zero-order valence-electron chi connectivity index (χ0n) is 44.2. The molecule has 18 atom stereocenters. The van der Waals surface area contributed by atoms with Gasteiger partial charge in [0.2, 0.25) is 0 Å². The van der Waals surface area contributed by atoms with Crippen LogP contribution in [0.3, 0.4) is 0 Å². The number of carbonyl (C=O) groups is 3. The maximum absolute atomic E-state index is 14.9. The van der Waals surface area contributed by atoms with Crippen LogP contribution in [-0.2, 0) is 56.9 Å². The maximum atomic E-state index is 14.9. The van der Waals surface area contributed by atoms with E-state index in [0.717, 1.165) is 0 Å². The third-order valence-corrected chi connectivity index (χ3v) is 15.2. The SMILES string of the molecule is C=C1C(CC)OC(=O)[C@H](C)[C@@H](O[C@H]2C[C@@](C)(OC)[C@@H](OC(=O)c3ccccc3)[C@H](C)O2)[C@H](C)[C@@H](O[C@@H]2O[C@H](C)C[C@H](N(C)C)[C@H]2OC(=O)c2ccccc2)[C@@](C)(OC)C[C@@H](C)[C@@H]2OC(C)(C)O[C@@H]1[C@H]2C. The third kappa shape index (κ3) is 12.3. The van der Waals surface area contributed by atoms with Gasteiger partial charge in [-0.3, -0.25) is 4.79 Å². The highest BCUT2D eigenvalue weighted by atomic mass is 16.7. The molecule has 4 heterocycles. The second kappa shape index (κ2) is 23.0. The van der Waals surface area contributed by atoms with Crippen molar-refractivity contribution in [2.45, 2.75) is 192 Å². The van der Waals surface area contributed by atoms with Gasteiger partial charge in [0.25, 0.3) is 0 Å². The molecule has 4 fully saturated rings. The lowest BCUT2D eigenvalue weighted by molar-refractivity contribution is -0.330. The largest absolute Gasteiger partial charge is 0.457 e. The molecule has 6 rings (SSSR count). The second-order valence-electron chi connectivity index (χ2n) is 21.3. The number of nitrogens with zero attached hydrogens (tertiary/aromatic N) is 1. The van der Waals surface area contributed by atoms with E-state index < -0.39 is 102 Å². The number of carbonyl (C=O) groups excluding carboxylic acids is 3. The van der Waals surface area contributed by atoms with Crippen LogP contribution in [0, 0.1) is 23.7 Å². The summed E-state index contributed by atoms with van der Waals surface area (Å²) < 4.78 is 73.1. The Balaban J connectivity index is 1.45. The van der Waals surface area contributed by atoms with Crippen molar-refractivity contribution in [1.82, 2.24) is 4.90 Å². The molecule has 4 saturated heterocycles. The summed E-state index contributed by atoms with van der Waals surface area (Å²) in [7, 11) is 7.10. The average Bonchev–Trinajstić information content (AvgIpc) is 3.33. The number of methoxy groups -OCH3 is 2. The van der Waals surface area contributed by atoms with Crippen molar-refractivity contribution < 1.29 is 66.5 Å². The summed E-state index contributed by atoms with van der Waals surface area (Å²) >= 11 is 0. The molecule has 390 valence electrons. The number of rotatable bonds is 12. The molecule has 1 unspecified atom stereocenters. The standard InChI is InChI=1S/C55H81NO14/c1-17-41-33(4)45-34(5)43(69-53(9,10)70-45)31(2)29-54(11,60-15)47(68-52-46(40(56(13)14)28-32(3)62-52)66-50(58)38-24-20-18-21-25-38)35(6)44(36(7)49(57)64-41)65-42-30-55(12,61-16)48(37(8)63-42)67-51(59)39-26-22-19-23-27-39/h18-27,31-32,34-37,40-48,52H,4,17,28-30H2,1-3,5-16H3/t31-,32-,34+,35+,36-,37+,40+,41?,42+,43+,44+,45+,46-,47-,48+,52+,54+,55-/m1/s1. The summed E-state index contributed by atoms with van der Waals surface area (Å²) in [5.41, 5.74) is -0.783. The van der Waals surface area contributed by atoms with Crippen LogP contribution < -0.4 is 0 Å². The molecule has 0 spiro atoms. The molecule has 15 nitrogen and oxygen atoms in total. The Morgan fingerprint density at radius 3 is 1.87 bits per heavy atom. The Kier molecular flexibility index (Phi) is 18.2. The summed E-state index contributed by atoms with van der Waals surface area (Å²) in [5.74, 6) is -4.53. The highest BCUT2D eigenvalue weighted by Crippen LogP contribution is 2.45. The van der Waals surface area contributed by atoms with Crippen molar-refractivity contribution in [3.05, 3.63) is 83.9 Å². The molecule has 0 amide bonds. The van der Waals surface area contributed by atoms with Crippen LogP contribution in [0.1, 0.15) is 123 Å². The lowest BCUT2D eigenvalue weighted by Crippen LogP contribution is -2.62. The van der Waals surface area contributed by atoms with Crippen molar-refractivity contribution in [2.75, 3.05) is 28.3 Å². The van der Waals surface area contributed by atoms with E-state index in [1.807, 2.05) is 79.6 Å². The topological polar surface area (TPSA) is 156 Å². The molecule has 2 bridgehead atoms. The molecule has 0 aliphatic carbocycles. The summed E-state index contributed by atoms with van der Waals surface area (Å²) in [6.07, 6.45) is -6.67. The van der Waals surface area contributed by atoms with Gasteiger partial charge in [-0.15, -0.1) is 0 Å². The molecule has 0 saturated carbocycles. The van der Waals surface area contributed by atoms with Crippen LogP contribution in [0.25, 0.3) is 0 Å². The Morgan fingerprint density at radius 2 is 1.31 bits per heavy atom. The van der Waals surface area contributed by atoms with Crippen molar-refractivity contribution in [1.29, 1.82) is 0 Å². The molecule has 2 aromatic carbocycles. The van der Waals surface area contributed by atoms with Crippen LogP contribution in [0.5, 0.6) is 0 Å². The summed E-state index contributed by atoms with van der Waals surface area (Å²) in [5, 5.41) is 0. The van der Waals surface area contributed by atoms with Crippen LogP contribution in [0.15, 0.2) is 72.8 Å². The first-order chi connectivity index (χ1) is 33.0. The van der Waals surface area contributed by atoms with Gasteiger partial charge >= 0.3 is 17.9 Å². The minimum atomic E-state index is -1.14. The van der Waals surface area contributed by atoms with Crippen molar-refractivity contribution >= 4 is 17.9 Å². The fourth-order valence-corrected chi connectivity index (χ4v) is 11.3. The number of likely N-dealkylation sites (N-methyl/N-ethyl adjacent to an activating group) is 1. The first-order valence-corrected chi connectivity index (χ1v) is 25.1. The van der Waals surface area contributed by atoms with Crippen LogP contribution >= 0.6 is 0 Å². The highest BCUT2D eigenvalue weighted by molar-refractivity contribution is 5.90. The van der Waals surface area contributed by atoms with Gasteiger partial charge in [0.15, 0.2) is 30.6 Å². The molecule has 15 heteroatoms. The number of cyclic esters (lactones) is 1. The zero-order valence-corrected chi connectivity index (χ0v) is 44.2. The van der Waals surface area contributed by atoms with E-state index >= 15 is 0 Å². The Labute approximate surface area is 416 Å². The van der Waals surface area contributed by atoms with E-state index in [4.69, 9.17) is 52.1 Å². The van der Waals surface area contributed by atoms with Gasteiger partial charge in [-0.05, 0) is 118 Å². The predicted octanol–water partition coefficient (Wildman–Crippen LogP) is 8.56. The first-order valence-electron chi connectivity index (χ1n) is 25.1. The maximum Gasteiger partial charge on any atom is 0.338 e. The zero-order chi connectivity index (χ0) is 51.5. The van der Waals surface area contributed by atoms with E-state index in [1.165, 1.54) is 0 Å². The molecule has 0 aromatic heterocycles. The van der Waals surface area contributed by atoms with E-state index in [1.54, 1.807) is 76.6 Å². The Bertz CT molecular complexity index is 2070. The van der Waals surface area contributed by atoms with Gasteiger partial charge in [-0.1, -0.05) is 70.7 Å². The van der Waals surface area contributed by atoms with Gasteiger partial charge in [0.05, 0.1) is 65.3 Å². The third-order valence-electron chi connectivity index (χ3n) is 15.2. The second-order valence-corrected chi connectivity index (χ2v) is 21.3.